The van der Waals surface area contributed by atoms with E-state index in [9.17, 15) is 0 Å². The molecular weight excluding hydrogens is 201 g/mol. The predicted molar refractivity (Wildman–Crippen MR) is 7.61 cm³/mol. The zero-order chi connectivity index (χ0) is 4.50. The van der Waals surface area contributed by atoms with Crippen molar-refractivity contribution in [1.29, 1.82) is 0 Å². The van der Waals surface area contributed by atoms with Gasteiger partial charge in [-0.1, -0.05) is 0 Å². The van der Waals surface area contributed by atoms with Crippen LogP contribution in [0.4, 0.5) is 0 Å². The second-order valence-corrected chi connectivity index (χ2v) is 1.34. The Morgan fingerprint density at radius 3 is 0.875 bits per heavy atom. The Balaban J connectivity index is -0.0000000267. The fraction of sp³-hybridized carbons (Fsp3) is 0. The topological polar surface area (TPSA) is 86.2 Å². The summed E-state index contributed by atoms with van der Waals surface area (Å²) in [5.74, 6) is 0. The van der Waals surface area contributed by atoms with Crippen molar-refractivity contribution in [2.75, 3.05) is 0 Å². The Kier molecular flexibility index (Phi) is 23.0. The van der Waals surface area contributed by atoms with Crippen LogP contribution < -0.4 is 51.9 Å². The third kappa shape index (κ3) is 260. The highest BCUT2D eigenvalue weighted by Gasteiger charge is 1.44. The molecule has 0 amide bonds. The smallest absolute Gasteiger partial charge is 0.159 e. The number of hydrogen-bond donors (Lipinski definition) is 0. The maximum atomic E-state index is 8.55. The van der Waals surface area contributed by atoms with Crippen molar-refractivity contribution in [3.63, 3.8) is 0 Å². The average Bonchev–Trinajstić information content (AvgIpc) is 0.722. The Morgan fingerprint density at radius 1 is 0.875 bits per heavy atom. The number of rotatable bonds is 0. The molecule has 0 saturated heterocycles. The monoisotopic (exact) mass is 200 g/mol. The molecule has 0 aliphatic heterocycles. The highest BCUT2D eigenvalue weighted by molar-refractivity contribution is 7.40. The first kappa shape index (κ1) is 23.1. The van der Waals surface area contributed by atoms with Crippen LogP contribution in [0.25, 0.3) is 0 Å². The van der Waals surface area contributed by atoms with Gasteiger partial charge in [0.15, 0.2) is 0 Å². The maximum absolute atomic E-state index is 8.55. The minimum Gasteiger partial charge on any atom is -1.00 e. The van der Waals surface area contributed by atoms with E-state index in [1.54, 1.807) is 0 Å². The Labute approximate surface area is 64.8 Å². The molecule has 0 aliphatic carbocycles. The van der Waals surface area contributed by atoms with Crippen molar-refractivity contribution < 1.29 is 56.5 Å². The van der Waals surface area contributed by atoms with Crippen LogP contribution in [-0.2, 0) is 4.57 Å². The molecule has 0 radical (unpaired) electrons. The molecule has 0 fully saturated rings. The number of halogens is 3. The van der Waals surface area contributed by atoms with Gasteiger partial charge < -0.3 is 56.5 Å². The van der Waals surface area contributed by atoms with Gasteiger partial charge in [-0.15, -0.1) is 0 Å². The van der Waals surface area contributed by atoms with E-state index in [4.69, 9.17) is 19.2 Å². The Bertz CT molecular complexity index is 57.4. The van der Waals surface area contributed by atoms with E-state index in [1.165, 1.54) is 0 Å². The van der Waals surface area contributed by atoms with Crippen LogP contribution >= 0.6 is 7.82 Å². The van der Waals surface area contributed by atoms with Crippen LogP contribution in [0.1, 0.15) is 0 Å². The summed E-state index contributed by atoms with van der Waals surface area (Å²) in [6.07, 6.45) is 0. The standard InChI is InChI=1S/3ClH.H3O4P/c;;;1-5(2,3)4/h3*1H;(H3,1,2,3,4)/p-6. The Hall–Kier alpha value is 0.980. The minimum absolute atomic E-state index is 0. The molecule has 0 aromatic heterocycles. The van der Waals surface area contributed by atoms with Crippen LogP contribution in [0.2, 0.25) is 0 Å². The molecule has 0 N–H and O–H groups in total. The van der Waals surface area contributed by atoms with Crippen LogP contribution in [0.15, 0.2) is 0 Å². The third-order valence-corrected chi connectivity index (χ3v) is 0. The van der Waals surface area contributed by atoms with Gasteiger partial charge in [0, 0.05) is 0 Å². The number of phosphoric acid groups is 1. The summed E-state index contributed by atoms with van der Waals surface area (Å²) in [4.78, 5) is 25.6. The highest BCUT2D eigenvalue weighted by Crippen LogP contribution is 2.03. The molecule has 0 saturated carbocycles. The fourth-order valence-corrected chi connectivity index (χ4v) is 0. The molecule has 0 heterocycles. The van der Waals surface area contributed by atoms with E-state index in [1.807, 2.05) is 0 Å². The van der Waals surface area contributed by atoms with Crippen LogP contribution in [0, 0.1) is 0 Å². The molecule has 56 valence electrons. The summed E-state index contributed by atoms with van der Waals surface area (Å²) >= 11 is 0. The van der Waals surface area contributed by atoms with Crippen molar-refractivity contribution in [3.05, 3.63) is 0 Å². The molecule has 0 rings (SSSR count). The normalized spacial score (nSPS) is 7.38. The second kappa shape index (κ2) is 7.98. The Morgan fingerprint density at radius 2 is 0.875 bits per heavy atom. The van der Waals surface area contributed by atoms with Crippen LogP contribution in [-0.4, -0.2) is 0 Å². The van der Waals surface area contributed by atoms with Crippen molar-refractivity contribution in [1.82, 2.24) is 0 Å². The molecule has 0 aliphatic rings. The molecule has 8 heavy (non-hydrogen) atoms. The molecule has 0 aromatic rings. The molecule has 0 atom stereocenters. The third-order valence-electron chi connectivity index (χ3n) is 0. The summed E-state index contributed by atoms with van der Waals surface area (Å²) in [5, 5.41) is 0. The van der Waals surface area contributed by atoms with Gasteiger partial charge >= 0.3 is 0 Å². The van der Waals surface area contributed by atoms with Gasteiger partial charge in [-0.25, -0.2) is 0 Å². The molecule has 4 nitrogen and oxygen atoms in total. The first-order valence-electron chi connectivity index (χ1n) is 0.730. The van der Waals surface area contributed by atoms with Gasteiger partial charge in [0.05, 0.1) is 0 Å². The summed E-state index contributed by atoms with van der Waals surface area (Å²) in [7, 11) is -5.39. The van der Waals surface area contributed by atoms with Crippen LogP contribution in [0.3, 0.4) is 0 Å². The molecule has 0 unspecified atom stereocenters. The SMILES string of the molecule is O=P([O-])([O-])[O-].[Cl-].[Cl-].[Cl-]. The van der Waals surface area contributed by atoms with Gasteiger partial charge in [0.1, 0.15) is 0 Å². The lowest BCUT2D eigenvalue weighted by Crippen LogP contribution is -3.00. The van der Waals surface area contributed by atoms with Crippen molar-refractivity contribution in [2.24, 2.45) is 0 Å². The van der Waals surface area contributed by atoms with Crippen molar-refractivity contribution in [3.8, 4) is 0 Å². The molecule has 0 aromatic carbocycles. The molecular formula is Cl3O4P-6. The minimum atomic E-state index is -5.39. The summed E-state index contributed by atoms with van der Waals surface area (Å²) in [6, 6.07) is 0. The van der Waals surface area contributed by atoms with Crippen molar-refractivity contribution >= 4 is 7.82 Å². The van der Waals surface area contributed by atoms with Gasteiger partial charge in [-0.3, -0.25) is 0 Å². The van der Waals surface area contributed by atoms with Gasteiger partial charge in [0.25, 0.3) is 0 Å². The zero-order valence-electron chi connectivity index (χ0n) is 3.21. The second-order valence-electron chi connectivity index (χ2n) is 0.447. The van der Waals surface area contributed by atoms with E-state index in [2.05, 4.69) is 0 Å². The van der Waals surface area contributed by atoms with E-state index in [0.29, 0.717) is 0 Å². The molecule has 0 bridgehead atoms. The number of hydrogen-bond acceptors (Lipinski definition) is 4. The molecule has 8 heteroatoms. The lowest BCUT2D eigenvalue weighted by molar-refractivity contribution is -0.432. The average molecular weight is 201 g/mol. The lowest BCUT2D eigenvalue weighted by Gasteiger charge is -2.36. The van der Waals surface area contributed by atoms with E-state index in [-0.39, 0.29) is 37.2 Å². The maximum Gasteiger partial charge on any atom is -0.159 e. The lowest BCUT2D eigenvalue weighted by atomic mass is 15.8. The highest BCUT2D eigenvalue weighted by atomic mass is 35.5. The van der Waals surface area contributed by atoms with Gasteiger partial charge in [-0.2, -0.15) is 7.82 Å². The van der Waals surface area contributed by atoms with E-state index in [0.717, 1.165) is 0 Å². The van der Waals surface area contributed by atoms with E-state index < -0.39 is 7.82 Å². The van der Waals surface area contributed by atoms with E-state index >= 15 is 0 Å². The predicted octanol–water partition coefficient (Wildman–Crippen LogP) is -11.8. The quantitative estimate of drug-likeness (QED) is 0.364. The van der Waals surface area contributed by atoms with Gasteiger partial charge in [-0.05, 0) is 0 Å². The van der Waals surface area contributed by atoms with Crippen LogP contribution in [0.5, 0.6) is 0 Å². The first-order valence-corrected chi connectivity index (χ1v) is 2.19. The fourth-order valence-electron chi connectivity index (χ4n) is 0. The summed E-state index contributed by atoms with van der Waals surface area (Å²) in [5.41, 5.74) is 0. The van der Waals surface area contributed by atoms with Crippen molar-refractivity contribution in [2.45, 2.75) is 0 Å². The largest absolute Gasteiger partial charge is 1.00 e. The first-order chi connectivity index (χ1) is 2.00. The van der Waals surface area contributed by atoms with Gasteiger partial charge in [0.2, 0.25) is 0 Å². The zero-order valence-corrected chi connectivity index (χ0v) is 6.38. The molecule has 0 spiro atoms. The summed E-state index contributed by atoms with van der Waals surface area (Å²) < 4.78 is 8.55. The summed E-state index contributed by atoms with van der Waals surface area (Å²) in [6.45, 7) is 0.